The van der Waals surface area contributed by atoms with E-state index in [1.807, 2.05) is 18.7 Å². The maximum atomic E-state index is 13.1. The monoisotopic (exact) mass is 453 g/mol. The van der Waals surface area contributed by atoms with Gasteiger partial charge < -0.3 is 20.1 Å². The van der Waals surface area contributed by atoms with Crippen molar-refractivity contribution in [2.75, 3.05) is 20.1 Å². The third-order valence-corrected chi connectivity index (χ3v) is 6.68. The fourth-order valence-corrected chi connectivity index (χ4v) is 4.50. The van der Waals surface area contributed by atoms with E-state index in [1.165, 1.54) is 4.90 Å². The molecule has 8 heteroatoms. The lowest BCUT2D eigenvalue weighted by Gasteiger charge is -2.37. The number of carbonyl (C=O) groups is 3. The summed E-state index contributed by atoms with van der Waals surface area (Å²) in [6, 6.07) is -0.484. The largest absolute Gasteiger partial charge is 0.461 e. The number of hydrogen-bond acceptors (Lipinski definition) is 6. The first-order valence-corrected chi connectivity index (χ1v) is 12.1. The lowest BCUT2D eigenvalue weighted by atomic mass is 9.85. The molecule has 2 fully saturated rings. The molecular formula is C24H43N3O5. The summed E-state index contributed by atoms with van der Waals surface area (Å²) >= 11 is 0. The van der Waals surface area contributed by atoms with Crippen molar-refractivity contribution >= 4 is 18.0 Å². The normalized spacial score (nSPS) is 24.4. The molecule has 0 bridgehead atoms. The summed E-state index contributed by atoms with van der Waals surface area (Å²) in [7, 11) is 1.59. The maximum absolute atomic E-state index is 13.1. The standard InChI is InChI=1S/C24H43N3O5/c1-7-16(2)20(26(6)23(30)32-24(3,4)5)22(29)31-19-12-14-27(15-13-19)21(28)17-8-10-18(25)11-9-17/h16-20H,7-15,25H2,1-6H3/t16-,17?,18?,20-/m1/s1. The Morgan fingerprint density at radius 1 is 1.06 bits per heavy atom. The molecule has 1 saturated carbocycles. The molecule has 1 aliphatic carbocycles. The molecule has 8 nitrogen and oxygen atoms in total. The quantitative estimate of drug-likeness (QED) is 0.619. The van der Waals surface area contributed by atoms with Crippen LogP contribution in [0.2, 0.25) is 0 Å². The molecule has 2 atom stereocenters. The number of piperidine rings is 1. The van der Waals surface area contributed by atoms with Crippen LogP contribution in [0, 0.1) is 11.8 Å². The lowest BCUT2D eigenvalue weighted by molar-refractivity contribution is -0.160. The van der Waals surface area contributed by atoms with Crippen LogP contribution in [0.15, 0.2) is 0 Å². The van der Waals surface area contributed by atoms with Crippen molar-refractivity contribution in [1.82, 2.24) is 9.80 Å². The highest BCUT2D eigenvalue weighted by Crippen LogP contribution is 2.27. The first-order valence-electron chi connectivity index (χ1n) is 12.1. The Bertz CT molecular complexity index is 647. The molecule has 2 amide bonds. The van der Waals surface area contributed by atoms with Gasteiger partial charge in [0.25, 0.3) is 0 Å². The van der Waals surface area contributed by atoms with Crippen molar-refractivity contribution in [2.24, 2.45) is 17.6 Å². The molecule has 0 aromatic heterocycles. The molecule has 184 valence electrons. The molecule has 0 aromatic rings. The minimum absolute atomic E-state index is 0.0700. The van der Waals surface area contributed by atoms with E-state index in [-0.39, 0.29) is 29.9 Å². The van der Waals surface area contributed by atoms with E-state index in [2.05, 4.69) is 0 Å². The number of hydrogen-bond donors (Lipinski definition) is 1. The van der Waals surface area contributed by atoms with Gasteiger partial charge >= 0.3 is 12.1 Å². The Morgan fingerprint density at radius 3 is 2.12 bits per heavy atom. The first kappa shape index (κ1) is 26.4. The van der Waals surface area contributed by atoms with Crippen LogP contribution in [0.5, 0.6) is 0 Å². The van der Waals surface area contributed by atoms with Gasteiger partial charge in [0, 0.05) is 44.9 Å². The maximum Gasteiger partial charge on any atom is 0.410 e. The third-order valence-electron chi connectivity index (χ3n) is 6.68. The predicted molar refractivity (Wildman–Crippen MR) is 123 cm³/mol. The van der Waals surface area contributed by atoms with Crippen LogP contribution in [-0.2, 0) is 19.1 Å². The number of carbonyl (C=O) groups excluding carboxylic acids is 3. The molecule has 2 N–H and O–H groups in total. The minimum Gasteiger partial charge on any atom is -0.461 e. The van der Waals surface area contributed by atoms with Gasteiger partial charge in [0.1, 0.15) is 17.7 Å². The van der Waals surface area contributed by atoms with Crippen molar-refractivity contribution in [3.63, 3.8) is 0 Å². The van der Waals surface area contributed by atoms with Crippen molar-refractivity contribution in [3.05, 3.63) is 0 Å². The van der Waals surface area contributed by atoms with Gasteiger partial charge in [-0.2, -0.15) is 0 Å². The Morgan fingerprint density at radius 2 is 1.62 bits per heavy atom. The molecule has 1 aliphatic heterocycles. The van der Waals surface area contributed by atoms with E-state index in [1.54, 1.807) is 27.8 Å². The fourth-order valence-electron chi connectivity index (χ4n) is 4.50. The lowest BCUT2D eigenvalue weighted by Crippen LogP contribution is -2.50. The van der Waals surface area contributed by atoms with Crippen molar-refractivity contribution in [1.29, 1.82) is 0 Å². The summed E-state index contributed by atoms with van der Waals surface area (Å²) in [6.07, 6.45) is 4.73. The van der Waals surface area contributed by atoms with Crippen molar-refractivity contribution in [2.45, 2.75) is 103 Å². The van der Waals surface area contributed by atoms with Crippen LogP contribution < -0.4 is 5.73 Å². The topological polar surface area (TPSA) is 102 Å². The molecule has 32 heavy (non-hydrogen) atoms. The van der Waals surface area contributed by atoms with Gasteiger partial charge in [0.15, 0.2) is 0 Å². The number of nitrogens with two attached hydrogens (primary N) is 1. The van der Waals surface area contributed by atoms with Gasteiger partial charge in [-0.15, -0.1) is 0 Å². The van der Waals surface area contributed by atoms with E-state index >= 15 is 0 Å². The van der Waals surface area contributed by atoms with Crippen LogP contribution in [-0.4, -0.2) is 71.7 Å². The summed E-state index contributed by atoms with van der Waals surface area (Å²) in [5.41, 5.74) is 5.32. The number of rotatable bonds is 6. The average molecular weight is 454 g/mol. The molecule has 0 spiro atoms. The molecule has 2 rings (SSSR count). The third kappa shape index (κ3) is 7.36. The number of nitrogens with zero attached hydrogens (tertiary/aromatic N) is 2. The second-order valence-electron chi connectivity index (χ2n) is 10.5. The van der Waals surface area contributed by atoms with Gasteiger partial charge in [0.2, 0.25) is 5.91 Å². The second-order valence-corrected chi connectivity index (χ2v) is 10.5. The van der Waals surface area contributed by atoms with Gasteiger partial charge in [-0.25, -0.2) is 9.59 Å². The highest BCUT2D eigenvalue weighted by molar-refractivity contribution is 5.82. The van der Waals surface area contributed by atoms with Crippen LogP contribution in [0.4, 0.5) is 4.79 Å². The zero-order valence-electron chi connectivity index (χ0n) is 20.8. The van der Waals surface area contributed by atoms with E-state index in [9.17, 15) is 14.4 Å². The van der Waals surface area contributed by atoms with Gasteiger partial charge in [0.05, 0.1) is 0 Å². The van der Waals surface area contributed by atoms with Crippen molar-refractivity contribution in [3.8, 4) is 0 Å². The second kappa shape index (κ2) is 11.3. The fraction of sp³-hybridized carbons (Fsp3) is 0.875. The number of likely N-dealkylation sites (tertiary alicyclic amines) is 1. The van der Waals surface area contributed by atoms with Crippen molar-refractivity contribution < 1.29 is 23.9 Å². The number of esters is 1. The number of ether oxygens (including phenoxy) is 2. The summed E-state index contributed by atoms with van der Waals surface area (Å²) < 4.78 is 11.3. The molecule has 2 aliphatic rings. The molecular weight excluding hydrogens is 410 g/mol. The molecule has 1 saturated heterocycles. The zero-order chi connectivity index (χ0) is 24.1. The Labute approximate surface area is 193 Å². The van der Waals surface area contributed by atoms with E-state index in [4.69, 9.17) is 15.2 Å². The molecule has 1 heterocycles. The summed E-state index contributed by atoms with van der Waals surface area (Å²) in [4.78, 5) is 41.7. The zero-order valence-corrected chi connectivity index (χ0v) is 20.8. The highest BCUT2D eigenvalue weighted by atomic mass is 16.6. The summed E-state index contributed by atoms with van der Waals surface area (Å²) in [5.74, 6) is -0.187. The summed E-state index contributed by atoms with van der Waals surface area (Å²) in [5, 5.41) is 0. The molecule has 0 unspecified atom stereocenters. The first-order chi connectivity index (χ1) is 14.9. The van der Waals surface area contributed by atoms with Crippen LogP contribution in [0.1, 0.15) is 79.6 Å². The summed E-state index contributed by atoms with van der Waals surface area (Å²) in [6.45, 7) is 10.5. The molecule has 0 radical (unpaired) electrons. The predicted octanol–water partition coefficient (Wildman–Crippen LogP) is 3.32. The van der Waals surface area contributed by atoms with E-state index in [0.717, 1.165) is 32.1 Å². The number of amides is 2. The number of likely N-dealkylation sites (N-methyl/N-ethyl adjacent to an activating group) is 1. The Balaban J connectivity index is 1.91. The molecule has 0 aromatic carbocycles. The Kier molecular flexibility index (Phi) is 9.37. The van der Waals surface area contributed by atoms with Crippen LogP contribution in [0.3, 0.4) is 0 Å². The highest BCUT2D eigenvalue weighted by Gasteiger charge is 2.37. The van der Waals surface area contributed by atoms with Crippen LogP contribution >= 0.6 is 0 Å². The van der Waals surface area contributed by atoms with Gasteiger partial charge in [-0.3, -0.25) is 9.69 Å². The SMILES string of the molecule is CC[C@@H](C)[C@H](C(=O)OC1CCN(C(=O)C2CCC(N)CC2)CC1)N(C)C(=O)OC(C)(C)C. The van der Waals surface area contributed by atoms with Gasteiger partial charge in [-0.05, 0) is 52.4 Å². The minimum atomic E-state index is -0.707. The van der Waals surface area contributed by atoms with Crippen LogP contribution in [0.25, 0.3) is 0 Å². The van der Waals surface area contributed by atoms with E-state index < -0.39 is 23.7 Å². The smallest absolute Gasteiger partial charge is 0.410 e. The van der Waals surface area contributed by atoms with E-state index in [0.29, 0.717) is 25.9 Å². The average Bonchev–Trinajstić information content (AvgIpc) is 2.73. The Hall–Kier alpha value is -1.83. The van der Waals surface area contributed by atoms with Gasteiger partial charge in [-0.1, -0.05) is 20.3 Å².